The molecule has 28 heavy (non-hydrogen) atoms. The van der Waals surface area contributed by atoms with Crippen LogP contribution in [0.4, 0.5) is 5.69 Å². The number of amides is 1. The van der Waals surface area contributed by atoms with Gasteiger partial charge in [-0.05, 0) is 47.5 Å². The molecule has 1 heterocycles. The van der Waals surface area contributed by atoms with Crippen molar-refractivity contribution in [3.63, 3.8) is 0 Å². The highest BCUT2D eigenvalue weighted by Crippen LogP contribution is 2.23. The number of ketones is 1. The Hall–Kier alpha value is -3.10. The number of halogens is 1. The van der Waals surface area contributed by atoms with Crippen LogP contribution in [0.2, 0.25) is 5.02 Å². The predicted octanol–water partition coefficient (Wildman–Crippen LogP) is 2.04. The lowest BCUT2D eigenvalue weighted by Gasteiger charge is -2.16. The second-order valence-electron chi connectivity index (χ2n) is 6.20. The van der Waals surface area contributed by atoms with Gasteiger partial charge in [0.15, 0.2) is 0 Å². The largest absolute Gasteiger partial charge is 0.323 e. The molecule has 1 aromatic heterocycles. The lowest BCUT2D eigenvalue weighted by molar-refractivity contribution is -0.119. The van der Waals surface area contributed by atoms with E-state index in [1.165, 1.54) is 17.9 Å². The van der Waals surface area contributed by atoms with Gasteiger partial charge < -0.3 is 5.32 Å². The van der Waals surface area contributed by atoms with Crippen LogP contribution < -0.4 is 10.6 Å². The molecular formula is C19H19ClN6O2. The van der Waals surface area contributed by atoms with Crippen molar-refractivity contribution < 1.29 is 9.59 Å². The fraction of sp³-hybridized carbons (Fsp3) is 0.211. The van der Waals surface area contributed by atoms with Gasteiger partial charge in [-0.15, -0.1) is 5.10 Å². The summed E-state index contributed by atoms with van der Waals surface area (Å²) in [7, 11) is 0. The number of tetrazole rings is 1. The van der Waals surface area contributed by atoms with E-state index < -0.39 is 6.04 Å². The third-order valence-corrected chi connectivity index (χ3v) is 4.35. The molecule has 2 N–H and O–H groups in total. The van der Waals surface area contributed by atoms with Gasteiger partial charge in [0, 0.05) is 5.02 Å². The van der Waals surface area contributed by atoms with Gasteiger partial charge in [-0.2, -0.15) is 4.68 Å². The fourth-order valence-corrected chi connectivity index (χ4v) is 2.87. The summed E-state index contributed by atoms with van der Waals surface area (Å²) in [5.41, 5.74) is 2.07. The molecule has 0 fully saturated rings. The number of aromatic nitrogens is 4. The molecule has 0 saturated heterocycles. The van der Waals surface area contributed by atoms with Crippen LogP contribution in [0.5, 0.6) is 0 Å². The molecule has 1 atom stereocenters. The summed E-state index contributed by atoms with van der Waals surface area (Å²) in [6.45, 7) is 1.48. The van der Waals surface area contributed by atoms with E-state index in [0.717, 1.165) is 5.56 Å². The summed E-state index contributed by atoms with van der Waals surface area (Å²) < 4.78 is 1.42. The van der Waals surface area contributed by atoms with Crippen LogP contribution >= 0.6 is 11.6 Å². The molecular weight excluding hydrogens is 380 g/mol. The molecule has 2 aromatic carbocycles. The Bertz CT molecular complexity index is 946. The fourth-order valence-electron chi connectivity index (χ4n) is 2.70. The van der Waals surface area contributed by atoms with Crippen LogP contribution in [-0.2, 0) is 16.0 Å². The van der Waals surface area contributed by atoms with Gasteiger partial charge >= 0.3 is 0 Å². The maximum atomic E-state index is 12.4. The quantitative estimate of drug-likeness (QED) is 0.602. The maximum Gasteiger partial charge on any atom is 0.238 e. The molecule has 0 aliphatic carbocycles. The first-order valence-electron chi connectivity index (χ1n) is 8.63. The molecule has 8 nitrogen and oxygen atoms in total. The number of benzene rings is 2. The molecule has 1 unspecified atom stereocenters. The predicted molar refractivity (Wildman–Crippen MR) is 105 cm³/mol. The molecule has 3 rings (SSSR count). The normalized spacial score (nSPS) is 11.8. The summed E-state index contributed by atoms with van der Waals surface area (Å²) in [5, 5.41) is 17.3. The van der Waals surface area contributed by atoms with E-state index in [2.05, 4.69) is 26.2 Å². The number of nitrogens with one attached hydrogen (secondary N) is 2. The van der Waals surface area contributed by atoms with E-state index in [1.54, 1.807) is 18.2 Å². The molecule has 144 valence electrons. The molecule has 0 aliphatic heterocycles. The van der Waals surface area contributed by atoms with Gasteiger partial charge in [0.05, 0.1) is 24.0 Å². The average Bonchev–Trinajstić information content (AvgIpc) is 3.20. The van der Waals surface area contributed by atoms with E-state index in [4.69, 9.17) is 11.6 Å². The van der Waals surface area contributed by atoms with Gasteiger partial charge in [-0.25, -0.2) is 0 Å². The lowest BCUT2D eigenvalue weighted by atomic mass is 10.0. The smallest absolute Gasteiger partial charge is 0.238 e. The summed E-state index contributed by atoms with van der Waals surface area (Å²) >= 11 is 6.05. The number of anilines is 1. The molecule has 0 saturated carbocycles. The highest BCUT2D eigenvalue weighted by Gasteiger charge is 2.17. The summed E-state index contributed by atoms with van der Waals surface area (Å²) in [6.07, 6.45) is 1.93. The Labute approximate surface area is 166 Å². The Morgan fingerprint density at radius 3 is 2.64 bits per heavy atom. The third-order valence-electron chi connectivity index (χ3n) is 4.11. The minimum atomic E-state index is -0.452. The van der Waals surface area contributed by atoms with Crippen LogP contribution in [0.15, 0.2) is 54.9 Å². The standard InChI is InChI=1S/C19H19ClN6O2/c1-13(27)16(9-14-5-3-2-4-6-14)21-11-19(28)23-17-10-15(20)7-8-18(17)26-12-22-24-25-26/h2-8,10,12,16,21H,9,11H2,1H3,(H,23,28). The number of hydrogen-bond acceptors (Lipinski definition) is 6. The van der Waals surface area contributed by atoms with Crippen molar-refractivity contribution in [1.82, 2.24) is 25.5 Å². The highest BCUT2D eigenvalue weighted by atomic mass is 35.5. The van der Waals surface area contributed by atoms with Gasteiger partial charge in [0.25, 0.3) is 0 Å². The van der Waals surface area contributed by atoms with Crippen molar-refractivity contribution in [2.45, 2.75) is 19.4 Å². The zero-order chi connectivity index (χ0) is 19.9. The van der Waals surface area contributed by atoms with Crippen LogP contribution in [0, 0.1) is 0 Å². The average molecular weight is 399 g/mol. The van der Waals surface area contributed by atoms with Gasteiger partial charge in [0.2, 0.25) is 5.91 Å². The summed E-state index contributed by atoms with van der Waals surface area (Å²) in [4.78, 5) is 24.4. The van der Waals surface area contributed by atoms with Crippen LogP contribution in [-0.4, -0.2) is 44.5 Å². The van der Waals surface area contributed by atoms with Crippen molar-refractivity contribution >= 4 is 29.0 Å². The first kappa shape index (κ1) is 19.7. The van der Waals surface area contributed by atoms with Crippen molar-refractivity contribution in [1.29, 1.82) is 0 Å². The molecule has 0 bridgehead atoms. The molecule has 0 aliphatic rings. The lowest BCUT2D eigenvalue weighted by Crippen LogP contribution is -2.41. The second kappa shape index (κ2) is 9.20. The first-order chi connectivity index (χ1) is 13.5. The van der Waals surface area contributed by atoms with Crippen LogP contribution in [0.1, 0.15) is 12.5 Å². The topological polar surface area (TPSA) is 102 Å². The van der Waals surface area contributed by atoms with Crippen molar-refractivity contribution in [3.05, 3.63) is 65.4 Å². The molecule has 9 heteroatoms. The van der Waals surface area contributed by atoms with Crippen LogP contribution in [0.25, 0.3) is 5.69 Å². The zero-order valence-electron chi connectivity index (χ0n) is 15.2. The van der Waals surface area contributed by atoms with Crippen molar-refractivity contribution in [3.8, 4) is 5.69 Å². The Balaban J connectivity index is 1.65. The maximum absolute atomic E-state index is 12.4. The van der Waals surface area contributed by atoms with E-state index in [0.29, 0.717) is 22.8 Å². The number of carbonyl (C=O) groups excluding carboxylic acids is 2. The number of rotatable bonds is 8. The Morgan fingerprint density at radius 1 is 1.18 bits per heavy atom. The van der Waals surface area contributed by atoms with E-state index in [9.17, 15) is 9.59 Å². The Kier molecular flexibility index (Phi) is 6.46. The zero-order valence-corrected chi connectivity index (χ0v) is 15.9. The minimum absolute atomic E-state index is 0.0291. The molecule has 1 amide bonds. The second-order valence-corrected chi connectivity index (χ2v) is 6.63. The number of carbonyl (C=O) groups is 2. The van der Waals surface area contributed by atoms with Gasteiger partial charge in [-0.1, -0.05) is 41.9 Å². The van der Waals surface area contributed by atoms with E-state index in [1.807, 2.05) is 30.3 Å². The van der Waals surface area contributed by atoms with E-state index in [-0.39, 0.29) is 18.2 Å². The molecule has 3 aromatic rings. The van der Waals surface area contributed by atoms with Gasteiger partial charge in [-0.3, -0.25) is 14.9 Å². The van der Waals surface area contributed by atoms with Crippen LogP contribution in [0.3, 0.4) is 0 Å². The molecule has 0 radical (unpaired) electrons. The minimum Gasteiger partial charge on any atom is -0.323 e. The Morgan fingerprint density at radius 2 is 1.96 bits per heavy atom. The van der Waals surface area contributed by atoms with Crippen molar-refractivity contribution in [2.24, 2.45) is 0 Å². The van der Waals surface area contributed by atoms with Crippen molar-refractivity contribution in [2.75, 3.05) is 11.9 Å². The number of hydrogen-bond donors (Lipinski definition) is 2. The van der Waals surface area contributed by atoms with Gasteiger partial charge in [0.1, 0.15) is 12.1 Å². The molecule has 0 spiro atoms. The first-order valence-corrected chi connectivity index (χ1v) is 9.01. The summed E-state index contributed by atoms with van der Waals surface area (Å²) in [6, 6.07) is 14.2. The number of Topliss-reactive ketones (excluding diaryl/α,β-unsaturated/α-hetero) is 1. The summed E-state index contributed by atoms with van der Waals surface area (Å²) in [5.74, 6) is -0.343. The highest BCUT2D eigenvalue weighted by molar-refractivity contribution is 6.31. The third kappa shape index (κ3) is 5.21. The van der Waals surface area contributed by atoms with E-state index >= 15 is 0 Å². The number of nitrogens with zero attached hydrogens (tertiary/aromatic N) is 4. The monoisotopic (exact) mass is 398 g/mol. The SMILES string of the molecule is CC(=O)C(Cc1ccccc1)NCC(=O)Nc1cc(Cl)ccc1-n1cnnn1.